The molecule has 1 amide bonds. The molecule has 0 saturated heterocycles. The Morgan fingerprint density at radius 3 is 2.52 bits per heavy atom. The lowest BCUT2D eigenvalue weighted by Crippen LogP contribution is -2.26. The Morgan fingerprint density at radius 2 is 1.77 bits per heavy atom. The number of rotatable bonds is 8. The minimum Gasteiger partial charge on any atom is -0.481 e. The SMILES string of the molecule is O=C(O)CCSc1ccc2cccc(CCNC(=O)c3cccc(C(F)(F)F)c3)c2c1. The molecule has 0 spiro atoms. The van der Waals surface area contributed by atoms with Crippen molar-refractivity contribution in [3.63, 3.8) is 0 Å². The fourth-order valence-corrected chi connectivity index (χ4v) is 4.01. The fourth-order valence-electron chi connectivity index (χ4n) is 3.13. The summed E-state index contributed by atoms with van der Waals surface area (Å²) in [6.07, 6.45) is -3.92. The molecule has 0 atom stereocenters. The molecule has 0 aromatic heterocycles. The largest absolute Gasteiger partial charge is 0.481 e. The predicted octanol–water partition coefficient (Wildman–Crippen LogP) is 5.40. The number of hydrogen-bond acceptors (Lipinski definition) is 3. The van der Waals surface area contributed by atoms with Crippen LogP contribution in [0.5, 0.6) is 0 Å². The van der Waals surface area contributed by atoms with E-state index in [1.165, 1.54) is 23.9 Å². The summed E-state index contributed by atoms with van der Waals surface area (Å²) in [7, 11) is 0. The molecule has 3 aromatic carbocycles. The highest BCUT2D eigenvalue weighted by molar-refractivity contribution is 7.99. The zero-order valence-electron chi connectivity index (χ0n) is 16.4. The van der Waals surface area contributed by atoms with E-state index >= 15 is 0 Å². The fraction of sp³-hybridized carbons (Fsp3) is 0.217. The summed E-state index contributed by atoms with van der Waals surface area (Å²) >= 11 is 1.46. The van der Waals surface area contributed by atoms with Crippen LogP contribution < -0.4 is 5.32 Å². The molecule has 0 aliphatic heterocycles. The van der Waals surface area contributed by atoms with Gasteiger partial charge in [0.25, 0.3) is 5.91 Å². The van der Waals surface area contributed by atoms with Crippen molar-refractivity contribution < 1.29 is 27.9 Å². The van der Waals surface area contributed by atoms with E-state index < -0.39 is 23.6 Å². The van der Waals surface area contributed by atoms with Crippen LogP contribution in [0.1, 0.15) is 27.9 Å². The first-order chi connectivity index (χ1) is 14.7. The van der Waals surface area contributed by atoms with Crippen molar-refractivity contribution in [1.29, 1.82) is 0 Å². The second kappa shape index (κ2) is 9.87. The molecule has 3 aromatic rings. The number of benzene rings is 3. The van der Waals surface area contributed by atoms with Crippen LogP contribution in [0.2, 0.25) is 0 Å². The quantitative estimate of drug-likeness (QED) is 0.454. The van der Waals surface area contributed by atoms with Crippen LogP contribution in [0.3, 0.4) is 0 Å². The Bertz CT molecular complexity index is 1100. The maximum atomic E-state index is 12.8. The van der Waals surface area contributed by atoms with Gasteiger partial charge in [0.15, 0.2) is 0 Å². The van der Waals surface area contributed by atoms with E-state index in [0.29, 0.717) is 12.2 Å². The molecule has 0 aliphatic carbocycles. The molecule has 162 valence electrons. The van der Waals surface area contributed by atoms with E-state index in [1.54, 1.807) is 0 Å². The zero-order valence-corrected chi connectivity index (χ0v) is 17.2. The summed E-state index contributed by atoms with van der Waals surface area (Å²) in [4.78, 5) is 23.9. The maximum absolute atomic E-state index is 12.8. The summed E-state index contributed by atoms with van der Waals surface area (Å²) in [5.74, 6) is -0.933. The lowest BCUT2D eigenvalue weighted by Gasteiger charge is -2.11. The number of carbonyl (C=O) groups is 2. The van der Waals surface area contributed by atoms with Gasteiger partial charge in [-0.05, 0) is 53.1 Å². The van der Waals surface area contributed by atoms with E-state index in [-0.39, 0.29) is 18.5 Å². The van der Waals surface area contributed by atoms with Crippen molar-refractivity contribution in [1.82, 2.24) is 5.32 Å². The Labute approximate surface area is 181 Å². The lowest BCUT2D eigenvalue weighted by molar-refractivity contribution is -0.138. The number of nitrogens with one attached hydrogen (secondary N) is 1. The van der Waals surface area contributed by atoms with E-state index in [9.17, 15) is 22.8 Å². The number of amides is 1. The molecule has 4 nitrogen and oxygen atoms in total. The van der Waals surface area contributed by atoms with E-state index in [4.69, 9.17) is 5.11 Å². The van der Waals surface area contributed by atoms with Crippen molar-refractivity contribution in [2.75, 3.05) is 12.3 Å². The normalized spacial score (nSPS) is 11.5. The molecule has 0 fully saturated rings. The second-order valence-corrected chi connectivity index (χ2v) is 8.05. The van der Waals surface area contributed by atoms with Gasteiger partial charge in [-0.25, -0.2) is 0 Å². The van der Waals surface area contributed by atoms with Crippen molar-refractivity contribution in [2.45, 2.75) is 23.9 Å². The minimum absolute atomic E-state index is 0.0372. The monoisotopic (exact) mass is 447 g/mol. The molecule has 8 heteroatoms. The van der Waals surface area contributed by atoms with Gasteiger partial charge in [-0.1, -0.05) is 30.3 Å². The predicted molar refractivity (Wildman–Crippen MR) is 114 cm³/mol. The number of carbonyl (C=O) groups excluding carboxylic acids is 1. The van der Waals surface area contributed by atoms with Gasteiger partial charge < -0.3 is 10.4 Å². The number of halogens is 3. The standard InChI is InChI=1S/C23H20F3NO3S/c24-23(25,26)18-6-2-5-17(13-18)22(30)27-11-9-16-4-1-3-15-7-8-19(14-20(15)16)31-12-10-21(28)29/h1-8,13-14H,9-12H2,(H,27,30)(H,28,29). The maximum Gasteiger partial charge on any atom is 0.416 e. The van der Waals surface area contributed by atoms with Crippen molar-refractivity contribution >= 4 is 34.4 Å². The van der Waals surface area contributed by atoms with E-state index in [0.717, 1.165) is 33.4 Å². The molecule has 3 rings (SSSR count). The molecular formula is C23H20F3NO3S. The zero-order chi connectivity index (χ0) is 22.4. The number of alkyl halides is 3. The highest BCUT2D eigenvalue weighted by Crippen LogP contribution is 2.29. The number of hydrogen-bond donors (Lipinski definition) is 2. The van der Waals surface area contributed by atoms with Crippen LogP contribution in [0.4, 0.5) is 13.2 Å². The third kappa shape index (κ3) is 6.24. The number of carboxylic acid groups (broad SMARTS) is 1. The molecule has 0 unspecified atom stereocenters. The Balaban J connectivity index is 1.66. The van der Waals surface area contributed by atoms with Crippen molar-refractivity contribution in [3.8, 4) is 0 Å². The molecule has 0 bridgehead atoms. The first-order valence-electron chi connectivity index (χ1n) is 9.56. The second-order valence-electron chi connectivity index (χ2n) is 6.88. The van der Waals surface area contributed by atoms with Crippen LogP contribution in [0.15, 0.2) is 65.6 Å². The molecule has 0 heterocycles. The first-order valence-corrected chi connectivity index (χ1v) is 10.5. The number of thioether (sulfide) groups is 1. The minimum atomic E-state index is -4.50. The summed E-state index contributed by atoms with van der Waals surface area (Å²) in [6, 6.07) is 16.0. The van der Waals surface area contributed by atoms with Gasteiger partial charge in [0.1, 0.15) is 0 Å². The van der Waals surface area contributed by atoms with Crippen LogP contribution in [0, 0.1) is 0 Å². The summed E-state index contributed by atoms with van der Waals surface area (Å²) in [5.41, 5.74) is 0.0921. The highest BCUT2D eigenvalue weighted by Gasteiger charge is 2.30. The van der Waals surface area contributed by atoms with Gasteiger partial charge in [0.05, 0.1) is 12.0 Å². The van der Waals surface area contributed by atoms with Crippen LogP contribution in [-0.4, -0.2) is 29.3 Å². The summed E-state index contributed by atoms with van der Waals surface area (Å²) in [5, 5.41) is 13.5. The number of fused-ring (bicyclic) bond motifs is 1. The van der Waals surface area contributed by atoms with Gasteiger partial charge in [0, 0.05) is 22.8 Å². The third-order valence-corrected chi connectivity index (χ3v) is 5.66. The summed E-state index contributed by atoms with van der Waals surface area (Å²) < 4.78 is 38.5. The van der Waals surface area contributed by atoms with Crippen LogP contribution >= 0.6 is 11.8 Å². The van der Waals surface area contributed by atoms with Crippen molar-refractivity contribution in [3.05, 3.63) is 77.4 Å². The van der Waals surface area contributed by atoms with Crippen molar-refractivity contribution in [2.24, 2.45) is 0 Å². The molecule has 2 N–H and O–H groups in total. The summed E-state index contributed by atoms with van der Waals surface area (Å²) in [6.45, 7) is 0.268. The van der Waals surface area contributed by atoms with Gasteiger partial charge in [-0.15, -0.1) is 11.8 Å². The van der Waals surface area contributed by atoms with Gasteiger partial charge in [0.2, 0.25) is 0 Å². The highest BCUT2D eigenvalue weighted by atomic mass is 32.2. The number of carboxylic acids is 1. The van der Waals surface area contributed by atoms with E-state index in [2.05, 4.69) is 5.32 Å². The van der Waals surface area contributed by atoms with Gasteiger partial charge >= 0.3 is 12.1 Å². The Morgan fingerprint density at radius 1 is 1.00 bits per heavy atom. The molecule has 0 aliphatic rings. The molecule has 31 heavy (non-hydrogen) atoms. The molecular weight excluding hydrogens is 427 g/mol. The Hall–Kier alpha value is -3.00. The third-order valence-electron chi connectivity index (χ3n) is 4.66. The average Bonchev–Trinajstić information content (AvgIpc) is 2.73. The molecule has 0 saturated carbocycles. The topological polar surface area (TPSA) is 66.4 Å². The smallest absolute Gasteiger partial charge is 0.416 e. The van der Waals surface area contributed by atoms with E-state index in [1.807, 2.05) is 36.4 Å². The molecule has 0 radical (unpaired) electrons. The van der Waals surface area contributed by atoms with Gasteiger partial charge in [-0.2, -0.15) is 13.2 Å². The van der Waals surface area contributed by atoms with Gasteiger partial charge in [-0.3, -0.25) is 9.59 Å². The van der Waals surface area contributed by atoms with Crippen LogP contribution in [0.25, 0.3) is 10.8 Å². The van der Waals surface area contributed by atoms with Crippen LogP contribution in [-0.2, 0) is 17.4 Å². The first kappa shape index (κ1) is 22.7. The Kier molecular flexibility index (Phi) is 7.22. The lowest BCUT2D eigenvalue weighted by atomic mass is 10.0. The average molecular weight is 447 g/mol. The number of aliphatic carboxylic acids is 1.